The monoisotopic (exact) mass is 353 g/mol. The Bertz CT molecular complexity index is 367. The molecule has 1 aliphatic heterocycles. The summed E-state index contributed by atoms with van der Waals surface area (Å²) >= 11 is 5.89. The van der Waals surface area contributed by atoms with Crippen LogP contribution in [-0.4, -0.2) is 36.1 Å². The summed E-state index contributed by atoms with van der Waals surface area (Å²) in [6.45, 7) is 6.68. The Labute approximate surface area is 145 Å². The number of unbranched alkanes of at least 4 members (excludes halogenated alkanes) is 2. The zero-order valence-electron chi connectivity index (χ0n) is 12.6. The van der Waals surface area contributed by atoms with E-state index >= 15 is 0 Å². The molecule has 2 rings (SSSR count). The van der Waals surface area contributed by atoms with Crippen LogP contribution in [0.3, 0.4) is 0 Å². The quantitative estimate of drug-likeness (QED) is 0.615. The normalized spacial score (nSPS) is 16.7. The number of aromatic nitrogens is 1. The van der Waals surface area contributed by atoms with Crippen molar-refractivity contribution in [3.8, 4) is 0 Å². The summed E-state index contributed by atoms with van der Waals surface area (Å²) in [7, 11) is 0. The number of hydrogen-bond donors (Lipinski definition) is 1. The smallest absolute Gasteiger partial charge is 0.129 e. The van der Waals surface area contributed by atoms with Crippen molar-refractivity contribution in [3.05, 3.63) is 29.0 Å². The lowest BCUT2D eigenvalue weighted by Gasteiger charge is -2.35. The molecule has 21 heavy (non-hydrogen) atoms. The number of hydrogen-bond acceptors (Lipinski definition) is 3. The van der Waals surface area contributed by atoms with Gasteiger partial charge in [0, 0.05) is 38.4 Å². The molecule has 0 spiro atoms. The molecule has 1 aromatic rings. The van der Waals surface area contributed by atoms with Gasteiger partial charge < -0.3 is 5.32 Å². The molecular formula is C15H26Cl3N3. The molecule has 2 heterocycles. The highest BCUT2D eigenvalue weighted by atomic mass is 35.5. The van der Waals surface area contributed by atoms with Crippen molar-refractivity contribution in [1.82, 2.24) is 15.2 Å². The molecule has 0 bridgehead atoms. The van der Waals surface area contributed by atoms with E-state index in [0.29, 0.717) is 11.2 Å². The molecule has 0 aliphatic carbocycles. The van der Waals surface area contributed by atoms with E-state index < -0.39 is 0 Å². The van der Waals surface area contributed by atoms with Crippen LogP contribution in [0, 0.1) is 0 Å². The third kappa shape index (κ3) is 6.70. The number of nitrogens with zero attached hydrogens (tertiary/aromatic N) is 2. The topological polar surface area (TPSA) is 28.2 Å². The predicted octanol–water partition coefficient (Wildman–Crippen LogP) is 4.11. The first kappa shape index (κ1) is 20.9. The second-order valence-corrected chi connectivity index (χ2v) is 5.60. The number of nitrogens with one attached hydrogen (secondary N) is 1. The second-order valence-electron chi connectivity index (χ2n) is 5.21. The zero-order valence-corrected chi connectivity index (χ0v) is 14.9. The van der Waals surface area contributed by atoms with Crippen molar-refractivity contribution in [2.45, 2.75) is 38.6 Å². The van der Waals surface area contributed by atoms with Crippen LogP contribution in [0.4, 0.5) is 0 Å². The largest absolute Gasteiger partial charge is 0.314 e. The van der Waals surface area contributed by atoms with Gasteiger partial charge in [0.05, 0.1) is 0 Å². The van der Waals surface area contributed by atoms with Gasteiger partial charge in [-0.25, -0.2) is 4.98 Å². The van der Waals surface area contributed by atoms with Gasteiger partial charge in [0.25, 0.3) is 0 Å². The summed E-state index contributed by atoms with van der Waals surface area (Å²) in [5.41, 5.74) is 1.31. The van der Waals surface area contributed by atoms with E-state index in [4.69, 9.17) is 11.6 Å². The van der Waals surface area contributed by atoms with Gasteiger partial charge >= 0.3 is 0 Å². The Morgan fingerprint density at radius 2 is 1.95 bits per heavy atom. The van der Waals surface area contributed by atoms with Gasteiger partial charge in [0.1, 0.15) is 5.15 Å². The number of pyridine rings is 1. The molecule has 1 saturated heterocycles. The van der Waals surface area contributed by atoms with Crippen molar-refractivity contribution in [2.75, 3.05) is 26.2 Å². The molecule has 3 nitrogen and oxygen atoms in total. The van der Waals surface area contributed by atoms with Crippen LogP contribution in [0.1, 0.15) is 44.2 Å². The number of piperazine rings is 1. The van der Waals surface area contributed by atoms with Crippen LogP contribution in [0.25, 0.3) is 0 Å². The molecule has 1 aliphatic rings. The lowest BCUT2D eigenvalue weighted by molar-refractivity contribution is 0.162. The fourth-order valence-corrected chi connectivity index (χ4v) is 2.84. The lowest BCUT2D eigenvalue weighted by Crippen LogP contribution is -2.45. The van der Waals surface area contributed by atoms with Crippen LogP contribution in [-0.2, 0) is 0 Å². The van der Waals surface area contributed by atoms with Gasteiger partial charge in [-0.15, -0.1) is 24.8 Å². The van der Waals surface area contributed by atoms with Gasteiger partial charge in [-0.3, -0.25) is 4.90 Å². The second kappa shape index (κ2) is 11.5. The average Bonchev–Trinajstić information content (AvgIpc) is 2.46. The predicted molar refractivity (Wildman–Crippen MR) is 95.1 cm³/mol. The fourth-order valence-electron chi connectivity index (χ4n) is 2.73. The summed E-state index contributed by atoms with van der Waals surface area (Å²) in [4.78, 5) is 6.83. The molecule has 1 aromatic heterocycles. The molecule has 122 valence electrons. The van der Waals surface area contributed by atoms with E-state index in [1.54, 1.807) is 0 Å². The van der Waals surface area contributed by atoms with Crippen LogP contribution in [0.15, 0.2) is 18.3 Å². The number of halogens is 3. The Kier molecular flexibility index (Phi) is 11.5. The highest BCUT2D eigenvalue weighted by Crippen LogP contribution is 2.27. The van der Waals surface area contributed by atoms with E-state index in [1.165, 1.54) is 31.2 Å². The number of rotatable bonds is 6. The molecule has 1 fully saturated rings. The third-order valence-electron chi connectivity index (χ3n) is 3.81. The minimum atomic E-state index is 0. The Morgan fingerprint density at radius 1 is 1.24 bits per heavy atom. The highest BCUT2D eigenvalue weighted by molar-refractivity contribution is 6.29. The molecule has 1 N–H and O–H groups in total. The molecular weight excluding hydrogens is 329 g/mol. The molecule has 0 saturated carbocycles. The lowest BCUT2D eigenvalue weighted by atomic mass is 9.99. The Balaban J connectivity index is 0.00000200. The maximum atomic E-state index is 5.89. The van der Waals surface area contributed by atoms with Crippen LogP contribution in [0.2, 0.25) is 5.15 Å². The first-order valence-electron chi connectivity index (χ1n) is 7.37. The van der Waals surface area contributed by atoms with E-state index in [0.717, 1.165) is 26.2 Å². The van der Waals surface area contributed by atoms with E-state index in [1.807, 2.05) is 12.3 Å². The standard InChI is InChI=1S/C15H24ClN3.2ClH/c1-2-3-4-5-14(19-10-8-17-9-11-19)13-6-7-15(16)18-12-13;;/h6-7,12,14,17H,2-5,8-11H2,1H3;2*1H/t14-;;/m1../s1. The van der Waals surface area contributed by atoms with Crippen molar-refractivity contribution in [3.63, 3.8) is 0 Å². The van der Waals surface area contributed by atoms with Crippen molar-refractivity contribution in [2.24, 2.45) is 0 Å². The highest BCUT2D eigenvalue weighted by Gasteiger charge is 2.21. The van der Waals surface area contributed by atoms with E-state index in [-0.39, 0.29) is 24.8 Å². The summed E-state index contributed by atoms with van der Waals surface area (Å²) in [5, 5.41) is 4.00. The Hall–Kier alpha value is -0.0600. The van der Waals surface area contributed by atoms with Crippen LogP contribution >= 0.6 is 36.4 Å². The molecule has 0 unspecified atom stereocenters. The van der Waals surface area contributed by atoms with E-state index in [2.05, 4.69) is 28.2 Å². The fraction of sp³-hybridized carbons (Fsp3) is 0.667. The summed E-state index contributed by atoms with van der Waals surface area (Å²) in [6.07, 6.45) is 7.03. The summed E-state index contributed by atoms with van der Waals surface area (Å²) in [5.74, 6) is 0. The molecule has 0 radical (unpaired) electrons. The van der Waals surface area contributed by atoms with Crippen molar-refractivity contribution >= 4 is 36.4 Å². The van der Waals surface area contributed by atoms with Crippen molar-refractivity contribution in [1.29, 1.82) is 0 Å². The molecule has 6 heteroatoms. The Morgan fingerprint density at radius 3 is 2.52 bits per heavy atom. The van der Waals surface area contributed by atoms with Gasteiger partial charge in [-0.2, -0.15) is 0 Å². The minimum Gasteiger partial charge on any atom is -0.314 e. The minimum absolute atomic E-state index is 0. The van der Waals surface area contributed by atoms with E-state index in [9.17, 15) is 0 Å². The third-order valence-corrected chi connectivity index (χ3v) is 4.03. The van der Waals surface area contributed by atoms with Crippen LogP contribution in [0.5, 0.6) is 0 Å². The van der Waals surface area contributed by atoms with Crippen molar-refractivity contribution < 1.29 is 0 Å². The zero-order chi connectivity index (χ0) is 13.5. The molecule has 0 amide bonds. The maximum absolute atomic E-state index is 5.89. The first-order chi connectivity index (χ1) is 9.31. The van der Waals surface area contributed by atoms with Gasteiger partial charge in [0.15, 0.2) is 0 Å². The van der Waals surface area contributed by atoms with Gasteiger partial charge in [-0.1, -0.05) is 43.9 Å². The summed E-state index contributed by atoms with van der Waals surface area (Å²) in [6, 6.07) is 4.54. The SMILES string of the molecule is CCCCC[C@H](c1ccc(Cl)nc1)N1CCNCC1.Cl.Cl. The van der Waals surface area contributed by atoms with Gasteiger partial charge in [0.2, 0.25) is 0 Å². The summed E-state index contributed by atoms with van der Waals surface area (Å²) < 4.78 is 0. The average molecular weight is 355 g/mol. The maximum Gasteiger partial charge on any atom is 0.129 e. The molecule has 1 atom stereocenters. The first-order valence-corrected chi connectivity index (χ1v) is 7.75. The molecule has 0 aromatic carbocycles. The van der Waals surface area contributed by atoms with Crippen LogP contribution < -0.4 is 5.32 Å². The van der Waals surface area contributed by atoms with Gasteiger partial charge in [-0.05, 0) is 18.1 Å².